The summed E-state index contributed by atoms with van der Waals surface area (Å²) < 4.78 is 0. The average molecular weight is 382 g/mol. The number of thioether (sulfide) groups is 1. The number of benzene rings is 3. The van der Waals surface area contributed by atoms with Crippen LogP contribution in [0, 0.1) is 0 Å². The van der Waals surface area contributed by atoms with Crippen molar-refractivity contribution in [1.82, 2.24) is 5.32 Å². The van der Waals surface area contributed by atoms with Gasteiger partial charge in [0.15, 0.2) is 0 Å². The van der Waals surface area contributed by atoms with Crippen molar-refractivity contribution in [3.63, 3.8) is 0 Å². The second-order valence-corrected chi connectivity index (χ2v) is 7.30. The van der Waals surface area contributed by atoms with Crippen molar-refractivity contribution >= 4 is 29.3 Å². The number of amides is 1. The molecule has 0 aliphatic rings. The highest BCUT2D eigenvalue weighted by Crippen LogP contribution is 2.23. The second kappa shape index (κ2) is 9.46. The molecule has 0 saturated carbocycles. The largest absolute Gasteiger partial charge is 0.344 e. The number of rotatable bonds is 7. The lowest BCUT2D eigenvalue weighted by atomic mass is 9.99. The first-order chi connectivity index (χ1) is 12.7. The fourth-order valence-corrected chi connectivity index (χ4v) is 3.85. The molecular weight excluding hydrogens is 362 g/mol. The predicted octanol–water partition coefficient (Wildman–Crippen LogP) is 5.48. The molecule has 3 aromatic carbocycles. The van der Waals surface area contributed by atoms with E-state index < -0.39 is 0 Å². The highest BCUT2D eigenvalue weighted by Gasteiger charge is 2.16. The molecule has 0 unspecified atom stereocenters. The average Bonchev–Trinajstić information content (AvgIpc) is 2.69. The summed E-state index contributed by atoms with van der Waals surface area (Å²) in [4.78, 5) is 12.5. The minimum absolute atomic E-state index is 0.0137. The summed E-state index contributed by atoms with van der Waals surface area (Å²) >= 11 is 7.73. The van der Waals surface area contributed by atoms with Gasteiger partial charge in [0, 0.05) is 10.8 Å². The van der Waals surface area contributed by atoms with Gasteiger partial charge in [0.05, 0.1) is 11.8 Å². The molecule has 132 valence electrons. The maximum atomic E-state index is 12.5. The van der Waals surface area contributed by atoms with Crippen LogP contribution in [0.25, 0.3) is 0 Å². The quantitative estimate of drug-likeness (QED) is 0.587. The maximum absolute atomic E-state index is 12.5. The Morgan fingerprint density at radius 3 is 1.96 bits per heavy atom. The van der Waals surface area contributed by atoms with Crippen molar-refractivity contribution in [3.8, 4) is 0 Å². The summed E-state index contributed by atoms with van der Waals surface area (Å²) in [6.07, 6.45) is 0. The Hall–Kier alpha value is -2.23. The minimum atomic E-state index is -0.147. The molecule has 4 heteroatoms. The minimum Gasteiger partial charge on any atom is -0.344 e. The third-order valence-electron chi connectivity index (χ3n) is 4.02. The highest BCUT2D eigenvalue weighted by molar-refractivity contribution is 7.99. The Bertz CT molecular complexity index is 800. The van der Waals surface area contributed by atoms with Gasteiger partial charge < -0.3 is 5.32 Å². The molecule has 0 aliphatic carbocycles. The normalized spacial score (nSPS) is 10.7. The van der Waals surface area contributed by atoms with E-state index in [-0.39, 0.29) is 11.9 Å². The van der Waals surface area contributed by atoms with Gasteiger partial charge in [0.1, 0.15) is 0 Å². The van der Waals surface area contributed by atoms with E-state index in [2.05, 4.69) is 5.32 Å². The van der Waals surface area contributed by atoms with Crippen LogP contribution in [0.4, 0.5) is 0 Å². The Morgan fingerprint density at radius 2 is 1.38 bits per heavy atom. The predicted molar refractivity (Wildman–Crippen MR) is 110 cm³/mol. The Morgan fingerprint density at radius 1 is 0.846 bits per heavy atom. The lowest BCUT2D eigenvalue weighted by Gasteiger charge is -2.20. The van der Waals surface area contributed by atoms with E-state index >= 15 is 0 Å². The summed E-state index contributed by atoms with van der Waals surface area (Å²) in [6, 6.07) is 27.7. The Balaban J connectivity index is 1.63. The van der Waals surface area contributed by atoms with Gasteiger partial charge in [0.25, 0.3) is 0 Å². The fourth-order valence-electron chi connectivity index (χ4n) is 2.72. The molecule has 0 saturated heterocycles. The van der Waals surface area contributed by atoms with Gasteiger partial charge in [-0.05, 0) is 22.8 Å². The number of nitrogens with one attached hydrogen (secondary N) is 1. The third-order valence-corrected chi connectivity index (χ3v) is 5.37. The van der Waals surface area contributed by atoms with Crippen molar-refractivity contribution < 1.29 is 4.79 Å². The third kappa shape index (κ3) is 5.13. The first-order valence-electron chi connectivity index (χ1n) is 8.44. The summed E-state index contributed by atoms with van der Waals surface area (Å²) in [5.74, 6) is 1.12. The Kier molecular flexibility index (Phi) is 6.75. The first-order valence-corrected chi connectivity index (χ1v) is 9.97. The zero-order valence-electron chi connectivity index (χ0n) is 14.3. The van der Waals surface area contributed by atoms with Crippen LogP contribution in [0.15, 0.2) is 84.9 Å². The fraction of sp³-hybridized carbons (Fsp3) is 0.136. The van der Waals surface area contributed by atoms with E-state index in [1.165, 1.54) is 0 Å². The van der Waals surface area contributed by atoms with E-state index in [1.54, 1.807) is 11.8 Å². The SMILES string of the molecule is O=C(CSCc1ccccc1Cl)NC(c1ccccc1)c1ccccc1. The van der Waals surface area contributed by atoms with Gasteiger partial charge in [-0.15, -0.1) is 11.8 Å². The topological polar surface area (TPSA) is 29.1 Å². The molecule has 26 heavy (non-hydrogen) atoms. The molecular formula is C22H20ClNOS. The van der Waals surface area contributed by atoms with Crippen LogP contribution in [0.3, 0.4) is 0 Å². The first kappa shape index (κ1) is 18.6. The molecule has 3 aromatic rings. The van der Waals surface area contributed by atoms with Crippen molar-refractivity contribution in [1.29, 1.82) is 0 Å². The van der Waals surface area contributed by atoms with Crippen molar-refractivity contribution in [3.05, 3.63) is 107 Å². The molecule has 0 spiro atoms. The van der Waals surface area contributed by atoms with E-state index in [1.807, 2.05) is 84.9 Å². The highest BCUT2D eigenvalue weighted by atomic mass is 35.5. The van der Waals surface area contributed by atoms with Crippen LogP contribution < -0.4 is 5.32 Å². The number of hydrogen-bond donors (Lipinski definition) is 1. The lowest BCUT2D eigenvalue weighted by Crippen LogP contribution is -2.30. The number of carbonyl (C=O) groups excluding carboxylic acids is 1. The van der Waals surface area contributed by atoms with Crippen LogP contribution in [0.1, 0.15) is 22.7 Å². The summed E-state index contributed by atoms with van der Waals surface area (Å²) in [5.41, 5.74) is 3.20. The standard InChI is InChI=1S/C22H20ClNOS/c23-20-14-8-7-13-19(20)15-26-16-21(25)24-22(17-9-3-1-4-10-17)18-11-5-2-6-12-18/h1-14,22H,15-16H2,(H,24,25). The molecule has 0 radical (unpaired) electrons. The van der Waals surface area contributed by atoms with Crippen LogP contribution in [-0.4, -0.2) is 11.7 Å². The number of hydrogen-bond acceptors (Lipinski definition) is 2. The van der Waals surface area contributed by atoms with E-state index in [0.717, 1.165) is 21.7 Å². The van der Waals surface area contributed by atoms with Crippen molar-refractivity contribution in [2.45, 2.75) is 11.8 Å². The summed E-state index contributed by atoms with van der Waals surface area (Å²) in [7, 11) is 0. The molecule has 1 amide bonds. The molecule has 0 aromatic heterocycles. The van der Waals surface area contributed by atoms with Crippen LogP contribution in [-0.2, 0) is 10.5 Å². The molecule has 3 rings (SSSR count). The molecule has 1 N–H and O–H groups in total. The van der Waals surface area contributed by atoms with Crippen molar-refractivity contribution in [2.75, 3.05) is 5.75 Å². The summed E-state index contributed by atoms with van der Waals surface area (Å²) in [6.45, 7) is 0. The molecule has 2 nitrogen and oxygen atoms in total. The van der Waals surface area contributed by atoms with Crippen LogP contribution in [0.5, 0.6) is 0 Å². The molecule has 0 atom stereocenters. The number of halogens is 1. The van der Waals surface area contributed by atoms with Gasteiger partial charge >= 0.3 is 0 Å². The van der Waals surface area contributed by atoms with E-state index in [9.17, 15) is 4.79 Å². The molecule has 0 fully saturated rings. The monoisotopic (exact) mass is 381 g/mol. The number of carbonyl (C=O) groups is 1. The van der Waals surface area contributed by atoms with Crippen LogP contribution in [0.2, 0.25) is 5.02 Å². The van der Waals surface area contributed by atoms with Gasteiger partial charge in [-0.3, -0.25) is 4.79 Å². The smallest absolute Gasteiger partial charge is 0.230 e. The lowest BCUT2D eigenvalue weighted by molar-refractivity contribution is -0.119. The van der Waals surface area contributed by atoms with E-state index in [0.29, 0.717) is 11.5 Å². The van der Waals surface area contributed by atoms with Gasteiger partial charge in [-0.2, -0.15) is 0 Å². The van der Waals surface area contributed by atoms with Gasteiger partial charge in [-0.1, -0.05) is 90.5 Å². The van der Waals surface area contributed by atoms with Gasteiger partial charge in [-0.25, -0.2) is 0 Å². The zero-order valence-corrected chi connectivity index (χ0v) is 15.8. The molecule has 0 heterocycles. The molecule has 0 aliphatic heterocycles. The maximum Gasteiger partial charge on any atom is 0.230 e. The Labute approximate surface area is 163 Å². The van der Waals surface area contributed by atoms with Gasteiger partial charge in [0.2, 0.25) is 5.91 Å². The summed E-state index contributed by atoms with van der Waals surface area (Å²) in [5, 5.41) is 3.90. The van der Waals surface area contributed by atoms with Crippen LogP contribution >= 0.6 is 23.4 Å². The molecule has 0 bridgehead atoms. The van der Waals surface area contributed by atoms with E-state index in [4.69, 9.17) is 11.6 Å². The van der Waals surface area contributed by atoms with Crippen molar-refractivity contribution in [2.24, 2.45) is 0 Å². The second-order valence-electron chi connectivity index (χ2n) is 5.91. The zero-order chi connectivity index (χ0) is 18.2.